The maximum Gasteiger partial charge on any atom is 0.106 e. The lowest BCUT2D eigenvalue weighted by atomic mass is 9.83. The molecule has 0 spiro atoms. The van der Waals surface area contributed by atoms with Crippen LogP contribution in [0.1, 0.15) is 28.8 Å². The second-order valence-electron chi connectivity index (χ2n) is 6.67. The van der Waals surface area contributed by atoms with Gasteiger partial charge in [0, 0.05) is 24.4 Å². The Kier molecular flexibility index (Phi) is 3.28. The number of hydrogen-bond acceptors (Lipinski definition) is 2. The van der Waals surface area contributed by atoms with Gasteiger partial charge < -0.3 is 4.57 Å². The molecule has 0 aliphatic carbocycles. The molecule has 2 aliphatic rings. The maximum atomic E-state index is 6.41. The third-order valence-electron chi connectivity index (χ3n) is 5.23. The van der Waals surface area contributed by atoms with Gasteiger partial charge in [-0.05, 0) is 23.3 Å². The molecule has 0 N–H and O–H groups in total. The van der Waals surface area contributed by atoms with Crippen molar-refractivity contribution >= 4 is 0 Å². The van der Waals surface area contributed by atoms with E-state index in [1.54, 1.807) is 0 Å². The van der Waals surface area contributed by atoms with Crippen LogP contribution in [0.4, 0.5) is 0 Å². The summed E-state index contributed by atoms with van der Waals surface area (Å²) in [6.45, 7) is 1.74. The molecule has 2 aromatic carbocycles. The quantitative estimate of drug-likeness (QED) is 0.722. The topological polar surface area (TPSA) is 17.4 Å². The molecule has 1 saturated heterocycles. The van der Waals surface area contributed by atoms with E-state index in [2.05, 4.69) is 88.6 Å². The van der Waals surface area contributed by atoms with E-state index in [0.29, 0.717) is 5.92 Å². The predicted octanol–water partition coefficient (Wildman–Crippen LogP) is 4.14. The second-order valence-corrected chi connectivity index (χ2v) is 6.67. The third kappa shape index (κ3) is 2.20. The lowest BCUT2D eigenvalue weighted by molar-refractivity contribution is -0.167. The fourth-order valence-corrected chi connectivity index (χ4v) is 4.19. The third-order valence-corrected chi connectivity index (χ3v) is 5.23. The van der Waals surface area contributed by atoms with Crippen LogP contribution in [0.2, 0.25) is 0 Å². The molecule has 2 bridgehead atoms. The minimum absolute atomic E-state index is 0.195. The van der Waals surface area contributed by atoms with Gasteiger partial charge in [-0.25, -0.2) is 0 Å². The molecule has 0 amide bonds. The number of hydroxylamine groups is 2. The molecular weight excluding hydrogens is 296 g/mol. The number of fused-ring (bicyclic) bond motifs is 4. The van der Waals surface area contributed by atoms with E-state index >= 15 is 0 Å². The highest BCUT2D eigenvalue weighted by Crippen LogP contribution is 2.49. The zero-order valence-electron chi connectivity index (χ0n) is 13.5. The lowest BCUT2D eigenvalue weighted by Crippen LogP contribution is -2.30. The smallest absolute Gasteiger partial charge is 0.106 e. The number of hydrogen-bond donors (Lipinski definition) is 0. The number of nitrogens with zero attached hydrogens (tertiary/aromatic N) is 2. The zero-order valence-corrected chi connectivity index (χ0v) is 13.5. The van der Waals surface area contributed by atoms with Gasteiger partial charge in [-0.3, -0.25) is 4.84 Å². The fourth-order valence-electron chi connectivity index (χ4n) is 4.19. The molecule has 3 atom stereocenters. The lowest BCUT2D eigenvalue weighted by Gasteiger charge is -2.31. The zero-order chi connectivity index (χ0) is 15.9. The average Bonchev–Trinajstić information content (AvgIpc) is 3.19. The van der Waals surface area contributed by atoms with Crippen LogP contribution in [-0.4, -0.2) is 15.7 Å². The summed E-state index contributed by atoms with van der Waals surface area (Å²) in [4.78, 5) is 6.41. The molecular formula is C21H20N2O. The van der Waals surface area contributed by atoms with E-state index in [-0.39, 0.29) is 12.1 Å². The molecule has 0 unspecified atom stereocenters. The highest BCUT2D eigenvalue weighted by molar-refractivity contribution is 5.31. The van der Waals surface area contributed by atoms with Crippen LogP contribution in [0.15, 0.2) is 79.0 Å². The van der Waals surface area contributed by atoms with Gasteiger partial charge in [0.1, 0.15) is 6.10 Å². The Morgan fingerprint density at radius 1 is 0.875 bits per heavy atom. The van der Waals surface area contributed by atoms with Crippen molar-refractivity contribution in [2.75, 3.05) is 0 Å². The Labute approximate surface area is 142 Å². The predicted molar refractivity (Wildman–Crippen MR) is 93.2 cm³/mol. The van der Waals surface area contributed by atoms with Crippen LogP contribution in [0.25, 0.3) is 0 Å². The van der Waals surface area contributed by atoms with Crippen molar-refractivity contribution in [1.29, 1.82) is 0 Å². The van der Waals surface area contributed by atoms with Crippen molar-refractivity contribution in [2.45, 2.75) is 31.2 Å². The first kappa shape index (κ1) is 14.0. The standard InChI is InChI=1S/C21H20N2O/c1-3-8-16(9-4-1)14-23-21-18-12-7-13-22(18)15-19(24-23)20(21)17-10-5-2-6-11-17/h1-13,19-21H,14-15H2/t19-,20-,21-/m0/s1. The van der Waals surface area contributed by atoms with Crippen molar-refractivity contribution in [2.24, 2.45) is 0 Å². The van der Waals surface area contributed by atoms with Crippen LogP contribution < -0.4 is 0 Å². The highest BCUT2D eigenvalue weighted by atomic mass is 16.7. The van der Waals surface area contributed by atoms with E-state index in [9.17, 15) is 0 Å². The van der Waals surface area contributed by atoms with Gasteiger partial charge >= 0.3 is 0 Å². The van der Waals surface area contributed by atoms with Gasteiger partial charge in [-0.2, -0.15) is 5.06 Å². The Morgan fingerprint density at radius 3 is 2.42 bits per heavy atom. The van der Waals surface area contributed by atoms with Crippen LogP contribution in [0.3, 0.4) is 0 Å². The summed E-state index contributed by atoms with van der Waals surface area (Å²) in [5.41, 5.74) is 4.01. The van der Waals surface area contributed by atoms with E-state index < -0.39 is 0 Å². The van der Waals surface area contributed by atoms with E-state index in [1.807, 2.05) is 0 Å². The highest BCUT2D eigenvalue weighted by Gasteiger charge is 2.49. The summed E-state index contributed by atoms with van der Waals surface area (Å²) >= 11 is 0. The summed E-state index contributed by atoms with van der Waals surface area (Å²) in [7, 11) is 0. The molecule has 24 heavy (non-hydrogen) atoms. The average molecular weight is 316 g/mol. The molecule has 3 nitrogen and oxygen atoms in total. The van der Waals surface area contributed by atoms with Gasteiger partial charge in [-0.15, -0.1) is 0 Å². The van der Waals surface area contributed by atoms with Crippen LogP contribution in [-0.2, 0) is 17.9 Å². The summed E-state index contributed by atoms with van der Waals surface area (Å²) < 4.78 is 2.35. The molecule has 0 saturated carbocycles. The van der Waals surface area contributed by atoms with Crippen molar-refractivity contribution in [3.63, 3.8) is 0 Å². The Hall–Kier alpha value is -2.36. The summed E-state index contributed by atoms with van der Waals surface area (Å²) in [5, 5.41) is 2.19. The van der Waals surface area contributed by atoms with Crippen molar-refractivity contribution in [3.05, 3.63) is 95.8 Å². The first-order chi connectivity index (χ1) is 11.9. The van der Waals surface area contributed by atoms with Crippen LogP contribution in [0, 0.1) is 0 Å². The summed E-state index contributed by atoms with van der Waals surface area (Å²) in [5.74, 6) is 0.386. The van der Waals surface area contributed by atoms with Gasteiger partial charge in [0.05, 0.1) is 12.6 Å². The normalized spacial score (nSPS) is 25.6. The second kappa shape index (κ2) is 5.62. The molecule has 2 aliphatic heterocycles. The molecule has 1 aromatic heterocycles. The maximum absolute atomic E-state index is 6.41. The molecule has 5 rings (SSSR count). The molecule has 3 heteroatoms. The Balaban J connectivity index is 1.54. The summed E-state index contributed by atoms with van der Waals surface area (Å²) in [6, 6.07) is 26.0. The minimum Gasteiger partial charge on any atom is -0.347 e. The van der Waals surface area contributed by atoms with Gasteiger partial charge in [-0.1, -0.05) is 60.7 Å². The van der Waals surface area contributed by atoms with Crippen LogP contribution in [0.5, 0.6) is 0 Å². The van der Waals surface area contributed by atoms with Crippen molar-refractivity contribution < 1.29 is 4.84 Å². The number of rotatable bonds is 3. The molecule has 3 aromatic rings. The minimum atomic E-state index is 0.195. The Bertz CT molecular complexity index is 827. The monoisotopic (exact) mass is 316 g/mol. The van der Waals surface area contributed by atoms with Crippen LogP contribution >= 0.6 is 0 Å². The molecule has 1 fully saturated rings. The van der Waals surface area contributed by atoms with E-state index in [0.717, 1.165) is 13.1 Å². The molecule has 3 heterocycles. The van der Waals surface area contributed by atoms with E-state index in [4.69, 9.17) is 4.84 Å². The first-order valence-corrected chi connectivity index (χ1v) is 8.57. The fraction of sp³-hybridized carbons (Fsp3) is 0.238. The number of benzene rings is 2. The van der Waals surface area contributed by atoms with E-state index in [1.165, 1.54) is 16.8 Å². The van der Waals surface area contributed by atoms with Gasteiger partial charge in [0.15, 0.2) is 0 Å². The molecule has 120 valence electrons. The van der Waals surface area contributed by atoms with Gasteiger partial charge in [0.25, 0.3) is 0 Å². The summed E-state index contributed by atoms with van der Waals surface area (Å²) in [6.07, 6.45) is 2.37. The SMILES string of the molecule is c1ccc(CN2O[C@H]3Cn4cccc4[C@H]2[C@H]3c2ccccc2)cc1. The molecule has 0 radical (unpaired) electrons. The van der Waals surface area contributed by atoms with Crippen molar-refractivity contribution in [1.82, 2.24) is 9.63 Å². The largest absolute Gasteiger partial charge is 0.347 e. The van der Waals surface area contributed by atoms with Crippen molar-refractivity contribution in [3.8, 4) is 0 Å². The van der Waals surface area contributed by atoms with Gasteiger partial charge in [0.2, 0.25) is 0 Å². The first-order valence-electron chi connectivity index (χ1n) is 8.57. The Morgan fingerprint density at radius 2 is 1.62 bits per heavy atom. The number of aromatic nitrogens is 1.